The molecule has 128 valence electrons. The van der Waals surface area contributed by atoms with Crippen molar-refractivity contribution in [3.63, 3.8) is 0 Å². The minimum Gasteiger partial charge on any atom is -0.368 e. The molecule has 0 atom stereocenters. The average molecular weight is 337 g/mol. The zero-order chi connectivity index (χ0) is 17.1. The van der Waals surface area contributed by atoms with Crippen molar-refractivity contribution in [3.8, 4) is 11.6 Å². The smallest absolute Gasteiger partial charge is 0.324 e. The molecule has 0 saturated carbocycles. The highest BCUT2D eigenvalue weighted by atomic mass is 16.5. The van der Waals surface area contributed by atoms with Gasteiger partial charge in [0, 0.05) is 19.5 Å². The summed E-state index contributed by atoms with van der Waals surface area (Å²) in [6.45, 7) is 1.86. The number of anilines is 2. The highest BCUT2D eigenvalue weighted by molar-refractivity contribution is 5.47. The molecular formula is C17H19N7O. The summed E-state index contributed by atoms with van der Waals surface area (Å²) >= 11 is 0. The summed E-state index contributed by atoms with van der Waals surface area (Å²) in [4.78, 5) is 19.3. The monoisotopic (exact) mass is 337 g/mol. The summed E-state index contributed by atoms with van der Waals surface area (Å²) in [6.07, 6.45) is 4.08. The molecule has 1 aromatic carbocycles. The largest absolute Gasteiger partial charge is 0.368 e. The maximum atomic E-state index is 5.84. The Morgan fingerprint density at radius 2 is 1.72 bits per heavy atom. The van der Waals surface area contributed by atoms with E-state index in [1.54, 1.807) is 0 Å². The minimum absolute atomic E-state index is 0.153. The number of nitrogens with two attached hydrogens (primary N) is 1. The first-order chi connectivity index (χ1) is 12.3. The van der Waals surface area contributed by atoms with E-state index in [1.165, 1.54) is 6.42 Å². The maximum Gasteiger partial charge on any atom is 0.324 e. The van der Waals surface area contributed by atoms with Crippen LogP contribution in [-0.2, 0) is 6.42 Å². The van der Waals surface area contributed by atoms with Crippen LogP contribution in [0.4, 0.5) is 12.0 Å². The fourth-order valence-electron chi connectivity index (χ4n) is 2.92. The number of nitrogen functional groups attached to an aromatic ring is 1. The van der Waals surface area contributed by atoms with E-state index in [9.17, 15) is 0 Å². The Balaban J connectivity index is 1.59. The summed E-state index contributed by atoms with van der Waals surface area (Å²) in [7, 11) is 0. The first-order valence-electron chi connectivity index (χ1n) is 8.41. The van der Waals surface area contributed by atoms with Crippen molar-refractivity contribution < 1.29 is 4.52 Å². The van der Waals surface area contributed by atoms with E-state index in [-0.39, 0.29) is 5.95 Å². The zero-order valence-corrected chi connectivity index (χ0v) is 13.8. The average Bonchev–Trinajstić information content (AvgIpc) is 3.13. The van der Waals surface area contributed by atoms with Gasteiger partial charge in [-0.1, -0.05) is 35.5 Å². The summed E-state index contributed by atoms with van der Waals surface area (Å²) < 4.78 is 5.38. The molecule has 8 nitrogen and oxygen atoms in total. The normalized spacial score (nSPS) is 14.6. The van der Waals surface area contributed by atoms with Gasteiger partial charge in [0.1, 0.15) is 5.82 Å². The van der Waals surface area contributed by atoms with Crippen LogP contribution in [0.3, 0.4) is 0 Å². The van der Waals surface area contributed by atoms with Crippen LogP contribution < -0.4 is 10.6 Å². The lowest BCUT2D eigenvalue weighted by Crippen LogP contribution is -2.29. The number of hydrogen-bond acceptors (Lipinski definition) is 8. The van der Waals surface area contributed by atoms with E-state index >= 15 is 0 Å². The molecule has 0 unspecified atom stereocenters. The number of benzene rings is 1. The van der Waals surface area contributed by atoms with Crippen molar-refractivity contribution in [2.45, 2.75) is 25.7 Å². The molecule has 2 N–H and O–H groups in total. The van der Waals surface area contributed by atoms with Crippen molar-refractivity contribution in [1.29, 1.82) is 0 Å². The van der Waals surface area contributed by atoms with Crippen LogP contribution in [-0.4, -0.2) is 38.2 Å². The lowest BCUT2D eigenvalue weighted by atomic mass is 10.1. The summed E-state index contributed by atoms with van der Waals surface area (Å²) in [6, 6.07) is 10.5. The second-order valence-corrected chi connectivity index (χ2v) is 6.04. The van der Waals surface area contributed by atoms with Crippen LogP contribution in [0, 0.1) is 0 Å². The van der Waals surface area contributed by atoms with Crippen LogP contribution in [0.1, 0.15) is 30.7 Å². The lowest BCUT2D eigenvalue weighted by Gasteiger charge is -2.23. The predicted molar refractivity (Wildman–Crippen MR) is 92.8 cm³/mol. The predicted octanol–water partition coefficient (Wildman–Crippen LogP) is 2.08. The molecule has 25 heavy (non-hydrogen) atoms. The molecule has 1 aliphatic rings. The van der Waals surface area contributed by atoms with Gasteiger partial charge in [-0.15, -0.1) is 0 Å². The minimum atomic E-state index is 0.153. The molecule has 1 saturated heterocycles. The molecule has 0 amide bonds. The van der Waals surface area contributed by atoms with Crippen molar-refractivity contribution in [2.75, 3.05) is 23.7 Å². The molecule has 3 aromatic rings. The molecule has 2 aromatic heterocycles. The molecule has 3 heterocycles. The van der Waals surface area contributed by atoms with Crippen LogP contribution in [0.15, 0.2) is 34.9 Å². The summed E-state index contributed by atoms with van der Waals surface area (Å²) in [5.41, 5.74) is 6.94. The van der Waals surface area contributed by atoms with Gasteiger partial charge in [-0.05, 0) is 24.8 Å². The van der Waals surface area contributed by atoms with E-state index in [4.69, 9.17) is 10.3 Å². The molecule has 1 aliphatic heterocycles. The van der Waals surface area contributed by atoms with E-state index < -0.39 is 0 Å². The zero-order valence-electron chi connectivity index (χ0n) is 13.8. The number of aromatic nitrogens is 5. The fourth-order valence-corrected chi connectivity index (χ4v) is 2.92. The van der Waals surface area contributed by atoms with Gasteiger partial charge in [-0.25, -0.2) is 4.98 Å². The third-order valence-electron chi connectivity index (χ3n) is 4.15. The Kier molecular flexibility index (Phi) is 4.24. The molecule has 8 heteroatoms. The molecule has 0 aliphatic carbocycles. The Hall–Kier alpha value is -3.03. The summed E-state index contributed by atoms with van der Waals surface area (Å²) in [5, 5.41) is 4.01. The quantitative estimate of drug-likeness (QED) is 0.771. The van der Waals surface area contributed by atoms with E-state index in [2.05, 4.69) is 30.0 Å². The lowest BCUT2D eigenvalue weighted by molar-refractivity contribution is 0.402. The van der Waals surface area contributed by atoms with Crippen LogP contribution >= 0.6 is 0 Å². The molecule has 1 fully saturated rings. The number of rotatable bonds is 4. The van der Waals surface area contributed by atoms with Gasteiger partial charge in [0.05, 0.1) is 0 Å². The first kappa shape index (κ1) is 15.5. The Bertz CT molecular complexity index is 843. The number of hydrogen-bond donors (Lipinski definition) is 1. The molecular weight excluding hydrogens is 318 g/mol. The van der Waals surface area contributed by atoms with E-state index in [0.29, 0.717) is 29.9 Å². The van der Waals surface area contributed by atoms with Crippen molar-refractivity contribution in [3.05, 3.63) is 41.7 Å². The molecule has 4 rings (SSSR count). The number of nitrogens with zero attached hydrogens (tertiary/aromatic N) is 6. The van der Waals surface area contributed by atoms with Gasteiger partial charge >= 0.3 is 6.01 Å². The Labute approximate surface area is 145 Å². The number of piperidine rings is 1. The molecule has 0 spiro atoms. The van der Waals surface area contributed by atoms with Gasteiger partial charge in [0.25, 0.3) is 0 Å². The van der Waals surface area contributed by atoms with E-state index in [1.807, 2.05) is 30.3 Å². The standard InChI is InChI=1S/C17H19N7O/c18-16-20-13(11-12-7-3-1-4-8-12)19-14(21-16)15-22-17(25-23-15)24-9-5-2-6-10-24/h1,3-4,7-8H,2,5-6,9-11H2,(H2,18,19,20,21). The highest BCUT2D eigenvalue weighted by Crippen LogP contribution is 2.21. The third kappa shape index (κ3) is 3.57. The van der Waals surface area contributed by atoms with Gasteiger partial charge in [0.15, 0.2) is 0 Å². The van der Waals surface area contributed by atoms with Gasteiger partial charge in [-0.2, -0.15) is 15.0 Å². The van der Waals surface area contributed by atoms with Crippen molar-refractivity contribution >= 4 is 12.0 Å². The highest BCUT2D eigenvalue weighted by Gasteiger charge is 2.20. The fraction of sp³-hybridized carbons (Fsp3) is 0.353. The van der Waals surface area contributed by atoms with Crippen LogP contribution in [0.2, 0.25) is 0 Å². The molecule has 0 bridgehead atoms. The topological polar surface area (TPSA) is 107 Å². The van der Waals surface area contributed by atoms with Crippen LogP contribution in [0.5, 0.6) is 0 Å². The van der Waals surface area contributed by atoms with Gasteiger partial charge in [-0.3, -0.25) is 0 Å². The van der Waals surface area contributed by atoms with E-state index in [0.717, 1.165) is 31.5 Å². The van der Waals surface area contributed by atoms with Gasteiger partial charge < -0.3 is 15.2 Å². The first-order valence-corrected chi connectivity index (χ1v) is 8.41. The molecule has 0 radical (unpaired) electrons. The Morgan fingerprint density at radius 1 is 0.920 bits per heavy atom. The second kappa shape index (κ2) is 6.84. The SMILES string of the molecule is Nc1nc(Cc2ccccc2)nc(-c2noc(N3CCCCC3)n2)n1. The van der Waals surface area contributed by atoms with Gasteiger partial charge in [0.2, 0.25) is 17.6 Å². The summed E-state index contributed by atoms with van der Waals surface area (Å²) in [5.74, 6) is 1.41. The third-order valence-corrected chi connectivity index (χ3v) is 4.15. The van der Waals surface area contributed by atoms with Crippen molar-refractivity contribution in [2.24, 2.45) is 0 Å². The second-order valence-electron chi connectivity index (χ2n) is 6.04. The maximum absolute atomic E-state index is 5.84. The van der Waals surface area contributed by atoms with Crippen molar-refractivity contribution in [1.82, 2.24) is 25.1 Å². The van der Waals surface area contributed by atoms with Crippen LogP contribution in [0.25, 0.3) is 11.6 Å². The Morgan fingerprint density at radius 3 is 2.52 bits per heavy atom.